The van der Waals surface area contributed by atoms with E-state index in [1.165, 1.54) is 24.3 Å². The maximum atomic E-state index is 13.4. The van der Waals surface area contributed by atoms with Crippen molar-refractivity contribution in [3.63, 3.8) is 0 Å². The van der Waals surface area contributed by atoms with Crippen molar-refractivity contribution in [3.05, 3.63) is 52.8 Å². The molecule has 0 fully saturated rings. The van der Waals surface area contributed by atoms with Gasteiger partial charge in [0.1, 0.15) is 17.3 Å². The Kier molecular flexibility index (Phi) is 3.55. The molecule has 1 unspecified atom stereocenters. The zero-order valence-corrected chi connectivity index (χ0v) is 11.9. The van der Waals surface area contributed by atoms with Gasteiger partial charge >= 0.3 is 5.25 Å². The molecule has 1 aliphatic rings. The van der Waals surface area contributed by atoms with Gasteiger partial charge in [-0.1, -0.05) is 11.6 Å². The van der Waals surface area contributed by atoms with Crippen LogP contribution >= 0.6 is 23.4 Å². The highest BCUT2D eigenvalue weighted by Gasteiger charge is 2.48. The third-order valence-electron chi connectivity index (χ3n) is 2.91. The van der Waals surface area contributed by atoms with Crippen LogP contribution in [0.2, 0.25) is 5.02 Å². The summed E-state index contributed by atoms with van der Waals surface area (Å²) in [7, 11) is 0. The third kappa shape index (κ3) is 2.84. The lowest BCUT2D eigenvalue weighted by molar-refractivity contribution is -0.0310. The average molecular weight is 333 g/mol. The van der Waals surface area contributed by atoms with Gasteiger partial charge in [0, 0.05) is 21.5 Å². The van der Waals surface area contributed by atoms with Crippen LogP contribution in [-0.4, -0.2) is 10.4 Å². The SMILES string of the molecule is OC1c2cc(Oc3cc(F)cc(Cl)c3)ccc2SC1(F)F. The summed E-state index contributed by atoms with van der Waals surface area (Å²) in [6.07, 6.45) is -1.89. The Morgan fingerprint density at radius 2 is 1.90 bits per heavy atom. The molecule has 0 aromatic heterocycles. The molecule has 2 nitrogen and oxygen atoms in total. The smallest absolute Gasteiger partial charge is 0.327 e. The lowest BCUT2D eigenvalue weighted by Gasteiger charge is -2.12. The first kappa shape index (κ1) is 14.6. The standard InChI is InChI=1S/C14H8ClF3O2S/c15-7-3-8(16)5-10(4-7)20-9-1-2-12-11(6-9)13(19)14(17,18)21-12/h1-6,13,19H. The highest BCUT2D eigenvalue weighted by Crippen LogP contribution is 2.54. The summed E-state index contributed by atoms with van der Waals surface area (Å²) >= 11 is 6.01. The summed E-state index contributed by atoms with van der Waals surface area (Å²) in [5.74, 6) is -0.208. The molecule has 0 saturated heterocycles. The van der Waals surface area contributed by atoms with Crippen molar-refractivity contribution in [1.29, 1.82) is 0 Å². The van der Waals surface area contributed by atoms with Crippen LogP contribution in [0.4, 0.5) is 13.2 Å². The number of rotatable bonds is 2. The van der Waals surface area contributed by atoms with Crippen LogP contribution in [0.3, 0.4) is 0 Å². The number of hydrogen-bond acceptors (Lipinski definition) is 3. The van der Waals surface area contributed by atoms with Gasteiger partial charge in [-0.2, -0.15) is 8.78 Å². The molecule has 0 amide bonds. The highest BCUT2D eigenvalue weighted by atomic mass is 35.5. The van der Waals surface area contributed by atoms with Gasteiger partial charge in [-0.3, -0.25) is 0 Å². The molecule has 2 aromatic carbocycles. The maximum absolute atomic E-state index is 13.4. The lowest BCUT2D eigenvalue weighted by Crippen LogP contribution is -2.15. The fourth-order valence-electron chi connectivity index (χ4n) is 2.00. The molecule has 0 saturated carbocycles. The Morgan fingerprint density at radius 3 is 2.62 bits per heavy atom. The van der Waals surface area contributed by atoms with E-state index in [1.54, 1.807) is 0 Å². The van der Waals surface area contributed by atoms with Crippen molar-refractivity contribution < 1.29 is 23.0 Å². The van der Waals surface area contributed by atoms with Crippen molar-refractivity contribution in [1.82, 2.24) is 0 Å². The first-order valence-electron chi connectivity index (χ1n) is 5.88. The number of ether oxygens (including phenoxy) is 1. The van der Waals surface area contributed by atoms with Crippen LogP contribution in [0, 0.1) is 5.82 Å². The van der Waals surface area contributed by atoms with Crippen LogP contribution in [-0.2, 0) is 0 Å². The molecule has 7 heteroatoms. The monoisotopic (exact) mass is 332 g/mol. The van der Waals surface area contributed by atoms with E-state index in [-0.39, 0.29) is 27.0 Å². The van der Waals surface area contributed by atoms with Gasteiger partial charge in [0.15, 0.2) is 6.10 Å². The van der Waals surface area contributed by atoms with E-state index in [9.17, 15) is 18.3 Å². The highest BCUT2D eigenvalue weighted by molar-refractivity contribution is 8.00. The molecule has 110 valence electrons. The third-order valence-corrected chi connectivity index (χ3v) is 4.22. The number of aliphatic hydroxyl groups excluding tert-OH is 1. The van der Waals surface area contributed by atoms with Crippen LogP contribution in [0.15, 0.2) is 41.3 Å². The molecule has 3 rings (SSSR count). The van der Waals surface area contributed by atoms with Gasteiger partial charge in [-0.15, -0.1) is 0 Å². The predicted molar refractivity (Wildman–Crippen MR) is 73.7 cm³/mol. The number of hydrogen-bond donors (Lipinski definition) is 1. The Morgan fingerprint density at radius 1 is 1.14 bits per heavy atom. The van der Waals surface area contributed by atoms with Crippen LogP contribution < -0.4 is 4.74 Å². The Hall–Kier alpha value is -1.37. The minimum absolute atomic E-state index is 0.0880. The second-order valence-corrected chi connectivity index (χ2v) is 6.10. The van der Waals surface area contributed by atoms with E-state index < -0.39 is 17.2 Å². The van der Waals surface area contributed by atoms with E-state index in [0.29, 0.717) is 11.8 Å². The zero-order chi connectivity index (χ0) is 15.2. The molecular formula is C14H8ClF3O2S. The lowest BCUT2D eigenvalue weighted by atomic mass is 10.1. The topological polar surface area (TPSA) is 29.5 Å². The van der Waals surface area contributed by atoms with Crippen molar-refractivity contribution in [3.8, 4) is 11.5 Å². The molecule has 0 spiro atoms. The van der Waals surface area contributed by atoms with Crippen LogP contribution in [0.25, 0.3) is 0 Å². The van der Waals surface area contributed by atoms with Gasteiger partial charge < -0.3 is 9.84 Å². The molecule has 1 N–H and O–H groups in total. The van der Waals surface area contributed by atoms with Gasteiger partial charge in [0.05, 0.1) is 0 Å². The second-order valence-electron chi connectivity index (χ2n) is 4.47. The quantitative estimate of drug-likeness (QED) is 0.839. The predicted octanol–water partition coefficient (Wildman–Crippen LogP) is 5.00. The molecule has 1 atom stereocenters. The largest absolute Gasteiger partial charge is 0.457 e. The molecule has 0 bridgehead atoms. The zero-order valence-electron chi connectivity index (χ0n) is 10.3. The van der Waals surface area contributed by atoms with Gasteiger partial charge in [-0.25, -0.2) is 4.39 Å². The van der Waals surface area contributed by atoms with Crippen LogP contribution in [0.5, 0.6) is 11.5 Å². The molecule has 1 heterocycles. The summed E-state index contributed by atoms with van der Waals surface area (Å²) < 4.78 is 45.4. The Bertz CT molecular complexity index is 688. The first-order valence-corrected chi connectivity index (χ1v) is 7.07. The minimum Gasteiger partial charge on any atom is -0.457 e. The van der Waals surface area contributed by atoms with E-state index in [2.05, 4.69) is 0 Å². The fourth-order valence-corrected chi connectivity index (χ4v) is 3.17. The summed E-state index contributed by atoms with van der Waals surface area (Å²) in [5, 5.41) is 6.48. The molecular weight excluding hydrogens is 325 g/mol. The number of benzene rings is 2. The average Bonchev–Trinajstić information content (AvgIpc) is 2.59. The van der Waals surface area contributed by atoms with Crippen molar-refractivity contribution in [2.75, 3.05) is 0 Å². The second kappa shape index (κ2) is 5.12. The summed E-state index contributed by atoms with van der Waals surface area (Å²) in [5.41, 5.74) is 0.0880. The number of aliphatic hydroxyl groups is 1. The summed E-state index contributed by atoms with van der Waals surface area (Å²) in [4.78, 5) is 0.289. The molecule has 0 aliphatic carbocycles. The Labute approximate surface area is 127 Å². The molecule has 0 radical (unpaired) electrons. The first-order chi connectivity index (χ1) is 9.85. The van der Waals surface area contributed by atoms with E-state index in [1.807, 2.05) is 0 Å². The van der Waals surface area contributed by atoms with Gasteiger partial charge in [-0.05, 0) is 42.1 Å². The number of fused-ring (bicyclic) bond motifs is 1. The van der Waals surface area contributed by atoms with Crippen molar-refractivity contribution in [2.24, 2.45) is 0 Å². The fraction of sp³-hybridized carbons (Fsp3) is 0.143. The molecule has 2 aromatic rings. The normalized spacial score (nSPS) is 19.4. The number of alkyl halides is 2. The summed E-state index contributed by atoms with van der Waals surface area (Å²) in [6, 6.07) is 7.86. The molecule has 1 aliphatic heterocycles. The number of thioether (sulfide) groups is 1. The molecule has 21 heavy (non-hydrogen) atoms. The van der Waals surface area contributed by atoms with Gasteiger partial charge in [0.25, 0.3) is 0 Å². The van der Waals surface area contributed by atoms with Crippen LogP contribution in [0.1, 0.15) is 11.7 Å². The van der Waals surface area contributed by atoms with Gasteiger partial charge in [0.2, 0.25) is 0 Å². The maximum Gasteiger partial charge on any atom is 0.327 e. The van der Waals surface area contributed by atoms with E-state index in [4.69, 9.17) is 16.3 Å². The van der Waals surface area contributed by atoms with Crippen molar-refractivity contribution in [2.45, 2.75) is 16.3 Å². The Balaban J connectivity index is 1.90. The number of halogens is 4. The van der Waals surface area contributed by atoms with Crippen molar-refractivity contribution >= 4 is 23.4 Å². The van der Waals surface area contributed by atoms with E-state index in [0.717, 1.165) is 12.1 Å². The summed E-state index contributed by atoms with van der Waals surface area (Å²) in [6.45, 7) is 0. The van der Waals surface area contributed by atoms with E-state index >= 15 is 0 Å². The minimum atomic E-state index is -3.26.